The Hall–Kier alpha value is 0.180. The fourth-order valence-electron chi connectivity index (χ4n) is 1.97. The van der Waals surface area contributed by atoms with Gasteiger partial charge in [0.15, 0.2) is 0 Å². The van der Waals surface area contributed by atoms with Crippen LogP contribution in [0.15, 0.2) is 12.2 Å². The number of hydrogen-bond acceptors (Lipinski definition) is 1. The van der Waals surface area contributed by atoms with Crippen molar-refractivity contribution >= 4 is 15.9 Å². The van der Waals surface area contributed by atoms with E-state index in [-0.39, 0.29) is 0 Å². The Morgan fingerprint density at radius 2 is 2.08 bits per heavy atom. The minimum atomic E-state index is 0.705. The Bertz CT molecular complexity index is 167. The predicted octanol–water partition coefficient (Wildman–Crippen LogP) is 3.20. The monoisotopic (exact) mass is 245 g/mol. The van der Waals surface area contributed by atoms with Crippen molar-refractivity contribution in [3.8, 4) is 0 Å². The zero-order valence-corrected chi connectivity index (χ0v) is 10.3. The molecule has 0 aromatic rings. The highest BCUT2D eigenvalue weighted by molar-refractivity contribution is 9.09. The van der Waals surface area contributed by atoms with Gasteiger partial charge in [0.2, 0.25) is 0 Å². The Labute approximate surface area is 90.3 Å². The van der Waals surface area contributed by atoms with Gasteiger partial charge in [-0.1, -0.05) is 40.9 Å². The van der Waals surface area contributed by atoms with E-state index in [2.05, 4.69) is 47.0 Å². The highest BCUT2D eigenvalue weighted by Gasteiger charge is 2.25. The van der Waals surface area contributed by atoms with E-state index in [9.17, 15) is 0 Å². The van der Waals surface area contributed by atoms with Gasteiger partial charge in [0.25, 0.3) is 0 Å². The fraction of sp³-hybridized carbons (Fsp3) is 0.818. The second kappa shape index (κ2) is 5.82. The molecule has 1 rings (SSSR count). The van der Waals surface area contributed by atoms with Gasteiger partial charge in [-0.15, -0.1) is 0 Å². The van der Waals surface area contributed by atoms with Gasteiger partial charge in [0, 0.05) is 17.4 Å². The molecule has 0 radical (unpaired) electrons. The Balaban J connectivity index is 2.38. The fourth-order valence-corrected chi connectivity index (χ4v) is 2.96. The number of likely N-dealkylation sites (N-methyl/N-ethyl adjacent to an activating group) is 1. The molecule has 0 spiro atoms. The summed E-state index contributed by atoms with van der Waals surface area (Å²) in [5, 5.41) is 0. The lowest BCUT2D eigenvalue weighted by Gasteiger charge is -2.34. The first kappa shape index (κ1) is 11.3. The lowest BCUT2D eigenvalue weighted by atomic mass is 9.94. The topological polar surface area (TPSA) is 3.24 Å². The van der Waals surface area contributed by atoms with Gasteiger partial charge in [-0.25, -0.2) is 0 Å². The van der Waals surface area contributed by atoms with E-state index in [0.717, 1.165) is 12.6 Å². The highest BCUT2D eigenvalue weighted by Crippen LogP contribution is 2.27. The summed E-state index contributed by atoms with van der Waals surface area (Å²) in [6.45, 7) is 3.17. The maximum absolute atomic E-state index is 3.78. The van der Waals surface area contributed by atoms with Crippen LogP contribution in [0.3, 0.4) is 0 Å². The summed E-state index contributed by atoms with van der Waals surface area (Å²) in [4.78, 5) is 3.16. The number of nitrogens with zero attached hydrogens (tertiary/aromatic N) is 1. The zero-order valence-electron chi connectivity index (χ0n) is 8.67. The first-order chi connectivity index (χ1) is 6.25. The van der Waals surface area contributed by atoms with Gasteiger partial charge in [-0.3, -0.25) is 4.90 Å². The number of alkyl halides is 1. The van der Waals surface area contributed by atoms with Crippen molar-refractivity contribution in [1.82, 2.24) is 4.90 Å². The van der Waals surface area contributed by atoms with E-state index >= 15 is 0 Å². The second-order valence-corrected chi connectivity index (χ2v) is 5.05. The minimum Gasteiger partial charge on any atom is -0.299 e. The Morgan fingerprint density at radius 1 is 1.38 bits per heavy atom. The van der Waals surface area contributed by atoms with E-state index in [4.69, 9.17) is 0 Å². The molecule has 13 heavy (non-hydrogen) atoms. The maximum atomic E-state index is 3.78. The molecule has 2 unspecified atom stereocenters. The average molecular weight is 246 g/mol. The quantitative estimate of drug-likeness (QED) is 0.546. The van der Waals surface area contributed by atoms with Crippen molar-refractivity contribution < 1.29 is 0 Å². The van der Waals surface area contributed by atoms with Gasteiger partial charge in [-0.2, -0.15) is 0 Å². The van der Waals surface area contributed by atoms with Crippen LogP contribution in [0.5, 0.6) is 0 Å². The summed E-state index contributed by atoms with van der Waals surface area (Å²) in [6, 6.07) is 0.741. The normalized spacial score (nSPS) is 30.2. The van der Waals surface area contributed by atoms with Crippen LogP contribution in [-0.2, 0) is 0 Å². The van der Waals surface area contributed by atoms with Gasteiger partial charge in [0.05, 0.1) is 0 Å². The van der Waals surface area contributed by atoms with E-state index in [0.29, 0.717) is 4.83 Å². The molecule has 0 aromatic heterocycles. The molecule has 2 heteroatoms. The van der Waals surface area contributed by atoms with Crippen molar-refractivity contribution in [2.24, 2.45) is 0 Å². The molecular weight excluding hydrogens is 226 g/mol. The number of halogens is 1. The van der Waals surface area contributed by atoms with E-state index in [1.807, 2.05) is 0 Å². The molecule has 1 aliphatic rings. The summed E-state index contributed by atoms with van der Waals surface area (Å²) in [7, 11) is 2.23. The van der Waals surface area contributed by atoms with Crippen molar-refractivity contribution in [3.05, 3.63) is 12.2 Å². The van der Waals surface area contributed by atoms with Gasteiger partial charge in [-0.05, 0) is 26.8 Å². The van der Waals surface area contributed by atoms with Crippen molar-refractivity contribution in [2.45, 2.75) is 43.5 Å². The predicted molar refractivity (Wildman–Crippen MR) is 62.4 cm³/mol. The lowest BCUT2D eigenvalue weighted by Crippen LogP contribution is -2.40. The van der Waals surface area contributed by atoms with Crippen LogP contribution in [-0.4, -0.2) is 29.4 Å². The third-order valence-electron chi connectivity index (χ3n) is 2.84. The molecule has 0 saturated heterocycles. The largest absolute Gasteiger partial charge is 0.299 e. The van der Waals surface area contributed by atoms with Crippen molar-refractivity contribution in [2.75, 3.05) is 13.6 Å². The first-order valence-corrected chi connectivity index (χ1v) is 6.12. The molecule has 0 aliphatic heterocycles. The average Bonchev–Trinajstić information content (AvgIpc) is 2.15. The Kier molecular flexibility index (Phi) is 5.04. The zero-order chi connectivity index (χ0) is 9.68. The SMILES string of the molecule is C/C=C/CN(C)C1CCCCC1Br. The summed E-state index contributed by atoms with van der Waals surface area (Å²) in [5.41, 5.74) is 0. The van der Waals surface area contributed by atoms with E-state index in [1.165, 1.54) is 25.7 Å². The van der Waals surface area contributed by atoms with Crippen LogP contribution in [0.2, 0.25) is 0 Å². The molecule has 1 aliphatic carbocycles. The number of rotatable bonds is 3. The van der Waals surface area contributed by atoms with Gasteiger partial charge >= 0.3 is 0 Å². The smallest absolute Gasteiger partial charge is 0.0301 e. The molecule has 1 fully saturated rings. The molecule has 0 bridgehead atoms. The molecule has 1 nitrogen and oxygen atoms in total. The standard InChI is InChI=1S/C11H20BrN/c1-3-4-9-13(2)11-8-6-5-7-10(11)12/h3-4,10-11H,5-9H2,1-2H3/b4-3+. The molecule has 0 heterocycles. The van der Waals surface area contributed by atoms with Crippen LogP contribution in [0.4, 0.5) is 0 Å². The lowest BCUT2D eigenvalue weighted by molar-refractivity contribution is 0.218. The van der Waals surface area contributed by atoms with Crippen LogP contribution >= 0.6 is 15.9 Å². The maximum Gasteiger partial charge on any atom is 0.0301 e. The summed E-state index contributed by atoms with van der Waals surface area (Å²) >= 11 is 3.78. The Morgan fingerprint density at radius 3 is 2.69 bits per heavy atom. The molecule has 76 valence electrons. The minimum absolute atomic E-state index is 0.705. The third-order valence-corrected chi connectivity index (χ3v) is 3.91. The summed E-state index contributed by atoms with van der Waals surface area (Å²) in [5.74, 6) is 0. The molecule has 0 amide bonds. The molecule has 1 saturated carbocycles. The molecule has 0 N–H and O–H groups in total. The van der Waals surface area contributed by atoms with Crippen molar-refractivity contribution in [3.63, 3.8) is 0 Å². The molecular formula is C11H20BrN. The van der Waals surface area contributed by atoms with Crippen LogP contribution in [0.25, 0.3) is 0 Å². The van der Waals surface area contributed by atoms with Gasteiger partial charge < -0.3 is 0 Å². The van der Waals surface area contributed by atoms with Crippen molar-refractivity contribution in [1.29, 1.82) is 0 Å². The molecule has 2 atom stereocenters. The van der Waals surface area contributed by atoms with E-state index < -0.39 is 0 Å². The first-order valence-electron chi connectivity index (χ1n) is 5.21. The third kappa shape index (κ3) is 3.43. The summed E-state index contributed by atoms with van der Waals surface area (Å²) < 4.78 is 0. The van der Waals surface area contributed by atoms with Crippen LogP contribution in [0.1, 0.15) is 32.6 Å². The number of hydrogen-bond donors (Lipinski definition) is 0. The second-order valence-electron chi connectivity index (χ2n) is 3.88. The van der Waals surface area contributed by atoms with Gasteiger partial charge in [0.1, 0.15) is 0 Å². The summed E-state index contributed by atoms with van der Waals surface area (Å²) in [6.07, 6.45) is 9.84. The number of allylic oxidation sites excluding steroid dienone is 1. The van der Waals surface area contributed by atoms with Crippen LogP contribution < -0.4 is 0 Å². The van der Waals surface area contributed by atoms with Crippen LogP contribution in [0, 0.1) is 0 Å². The molecule has 0 aromatic carbocycles. The van der Waals surface area contributed by atoms with E-state index in [1.54, 1.807) is 0 Å². The highest BCUT2D eigenvalue weighted by atomic mass is 79.9.